The molecule has 0 aliphatic heterocycles. The van der Waals surface area contributed by atoms with Gasteiger partial charge in [0, 0.05) is 18.1 Å². The number of carbonyl (C=O) groups is 1. The number of hydrogen-bond donors (Lipinski definition) is 3. The zero-order valence-corrected chi connectivity index (χ0v) is 19.0. The van der Waals surface area contributed by atoms with Crippen molar-refractivity contribution in [2.24, 2.45) is 0 Å². The first-order valence-corrected chi connectivity index (χ1v) is 11.4. The Hall–Kier alpha value is -2.72. The minimum atomic E-state index is -0.664. The number of carbonyl (C=O) groups excluding carboxylic acids is 1. The van der Waals surface area contributed by atoms with E-state index in [0.29, 0.717) is 36.1 Å². The molecule has 0 aliphatic carbocycles. The standard InChI is InChI=1S/C20H25ClN6O3S/c1-3-5-9-26(16-17(22)27(8-4-2)20(30)25-18(16)29)15(28)11-31-19-23-13-7-6-12(21)10-14(13)24-19/h6-7,10H,3-5,8-9,11,22H2,1-2H3,(H,23,24)(H,25,29,30). The second-order valence-corrected chi connectivity index (χ2v) is 8.44. The van der Waals surface area contributed by atoms with Gasteiger partial charge in [-0.05, 0) is 31.0 Å². The summed E-state index contributed by atoms with van der Waals surface area (Å²) in [4.78, 5) is 49.0. The van der Waals surface area contributed by atoms with Gasteiger partial charge in [0.15, 0.2) is 10.8 Å². The van der Waals surface area contributed by atoms with E-state index in [9.17, 15) is 14.4 Å². The quantitative estimate of drug-likeness (QED) is 0.417. The topological polar surface area (TPSA) is 130 Å². The number of fused-ring (bicyclic) bond motifs is 1. The number of nitrogens with zero attached hydrogens (tertiary/aromatic N) is 3. The van der Waals surface area contributed by atoms with Crippen molar-refractivity contribution in [3.63, 3.8) is 0 Å². The van der Waals surface area contributed by atoms with Crippen LogP contribution in [0.2, 0.25) is 5.02 Å². The molecule has 3 rings (SSSR count). The monoisotopic (exact) mass is 464 g/mol. The van der Waals surface area contributed by atoms with E-state index in [4.69, 9.17) is 17.3 Å². The van der Waals surface area contributed by atoms with Gasteiger partial charge in [-0.3, -0.25) is 19.1 Å². The van der Waals surface area contributed by atoms with Crippen molar-refractivity contribution in [1.29, 1.82) is 0 Å². The fourth-order valence-electron chi connectivity index (χ4n) is 3.20. The maximum Gasteiger partial charge on any atom is 0.330 e. The van der Waals surface area contributed by atoms with Crippen molar-refractivity contribution in [3.05, 3.63) is 44.1 Å². The van der Waals surface area contributed by atoms with Crippen LogP contribution < -0.4 is 21.9 Å². The van der Waals surface area contributed by atoms with Crippen LogP contribution in [0.25, 0.3) is 11.0 Å². The lowest BCUT2D eigenvalue weighted by molar-refractivity contribution is -0.116. The number of amides is 1. The minimum absolute atomic E-state index is 0.00318. The molecule has 0 saturated carbocycles. The van der Waals surface area contributed by atoms with E-state index < -0.39 is 11.2 Å². The van der Waals surface area contributed by atoms with E-state index in [0.717, 1.165) is 17.5 Å². The molecule has 4 N–H and O–H groups in total. The highest BCUT2D eigenvalue weighted by atomic mass is 35.5. The summed E-state index contributed by atoms with van der Waals surface area (Å²) in [5.74, 6) is -0.248. The molecule has 166 valence electrons. The first kappa shape index (κ1) is 23.0. The summed E-state index contributed by atoms with van der Waals surface area (Å²) >= 11 is 7.23. The third-order valence-electron chi connectivity index (χ3n) is 4.72. The Balaban J connectivity index is 1.88. The van der Waals surface area contributed by atoms with Gasteiger partial charge in [-0.25, -0.2) is 9.78 Å². The van der Waals surface area contributed by atoms with Crippen LogP contribution >= 0.6 is 23.4 Å². The van der Waals surface area contributed by atoms with Gasteiger partial charge >= 0.3 is 5.69 Å². The van der Waals surface area contributed by atoms with Crippen LogP contribution in [0.1, 0.15) is 33.1 Å². The van der Waals surface area contributed by atoms with Crippen molar-refractivity contribution in [1.82, 2.24) is 19.5 Å². The summed E-state index contributed by atoms with van der Waals surface area (Å²) in [7, 11) is 0. The van der Waals surface area contributed by atoms with Crippen LogP contribution in [-0.2, 0) is 11.3 Å². The summed E-state index contributed by atoms with van der Waals surface area (Å²) < 4.78 is 1.29. The molecule has 0 bridgehead atoms. The molecule has 2 aromatic heterocycles. The second-order valence-electron chi connectivity index (χ2n) is 7.04. The molecule has 0 radical (unpaired) electrons. The summed E-state index contributed by atoms with van der Waals surface area (Å²) in [5, 5.41) is 1.16. The van der Waals surface area contributed by atoms with Crippen molar-refractivity contribution in [3.8, 4) is 0 Å². The molecule has 31 heavy (non-hydrogen) atoms. The Labute approximate surface area is 188 Å². The number of aromatic amines is 2. The van der Waals surface area contributed by atoms with Crippen LogP contribution in [0.4, 0.5) is 11.5 Å². The van der Waals surface area contributed by atoms with Crippen LogP contribution in [0.3, 0.4) is 0 Å². The molecule has 0 spiro atoms. The van der Waals surface area contributed by atoms with Crippen LogP contribution in [0.15, 0.2) is 32.9 Å². The predicted molar refractivity (Wildman–Crippen MR) is 125 cm³/mol. The largest absolute Gasteiger partial charge is 0.383 e. The number of halogens is 1. The first-order chi connectivity index (χ1) is 14.8. The SMILES string of the molecule is CCCCN(C(=O)CSc1nc2ccc(Cl)cc2[nH]1)c1c(N)n(CCC)c(=O)[nH]c1=O. The zero-order valence-electron chi connectivity index (χ0n) is 17.4. The fourth-order valence-corrected chi connectivity index (χ4v) is 4.13. The molecule has 0 saturated heterocycles. The average Bonchev–Trinajstić information content (AvgIpc) is 3.13. The number of anilines is 2. The van der Waals surface area contributed by atoms with E-state index >= 15 is 0 Å². The lowest BCUT2D eigenvalue weighted by Crippen LogP contribution is -2.42. The highest BCUT2D eigenvalue weighted by molar-refractivity contribution is 7.99. The molecule has 0 unspecified atom stereocenters. The maximum absolute atomic E-state index is 13.1. The lowest BCUT2D eigenvalue weighted by atomic mass is 10.2. The maximum atomic E-state index is 13.1. The molecule has 1 aromatic carbocycles. The highest BCUT2D eigenvalue weighted by Gasteiger charge is 2.24. The van der Waals surface area contributed by atoms with Crippen molar-refractivity contribution in [2.45, 2.75) is 44.8 Å². The lowest BCUT2D eigenvalue weighted by Gasteiger charge is -2.24. The molecule has 0 fully saturated rings. The third kappa shape index (κ3) is 5.13. The van der Waals surface area contributed by atoms with Crippen molar-refractivity contribution < 1.29 is 4.79 Å². The average molecular weight is 465 g/mol. The number of thioether (sulfide) groups is 1. The van der Waals surface area contributed by atoms with Crippen LogP contribution in [0, 0.1) is 0 Å². The molecule has 1 amide bonds. The molecule has 0 atom stereocenters. The number of rotatable bonds is 9. The minimum Gasteiger partial charge on any atom is -0.383 e. The Kier molecular flexibility index (Phi) is 7.45. The third-order valence-corrected chi connectivity index (χ3v) is 5.82. The van der Waals surface area contributed by atoms with Gasteiger partial charge in [-0.15, -0.1) is 0 Å². The van der Waals surface area contributed by atoms with E-state index in [1.54, 1.807) is 18.2 Å². The zero-order chi connectivity index (χ0) is 22.5. The van der Waals surface area contributed by atoms with Gasteiger partial charge in [0.05, 0.1) is 16.8 Å². The van der Waals surface area contributed by atoms with Crippen molar-refractivity contribution >= 4 is 51.8 Å². The van der Waals surface area contributed by atoms with Gasteiger partial charge in [0.2, 0.25) is 5.91 Å². The van der Waals surface area contributed by atoms with Crippen molar-refractivity contribution in [2.75, 3.05) is 22.9 Å². The highest BCUT2D eigenvalue weighted by Crippen LogP contribution is 2.24. The number of nitrogen functional groups attached to an aromatic ring is 1. The second kappa shape index (κ2) is 10.1. The number of unbranched alkanes of at least 4 members (excludes halogenated alkanes) is 1. The molecular formula is C20H25ClN6O3S. The Morgan fingerprint density at radius 2 is 2.03 bits per heavy atom. The number of H-pyrrole nitrogens is 2. The smallest absolute Gasteiger partial charge is 0.330 e. The molecule has 3 aromatic rings. The Morgan fingerprint density at radius 1 is 1.26 bits per heavy atom. The molecule has 9 nitrogen and oxygen atoms in total. The number of nitrogens with two attached hydrogens (primary N) is 1. The van der Waals surface area contributed by atoms with Crippen LogP contribution in [-0.4, -0.2) is 37.7 Å². The first-order valence-electron chi connectivity index (χ1n) is 10.1. The molecule has 11 heteroatoms. The van der Waals surface area contributed by atoms with Gasteiger partial charge in [0.1, 0.15) is 5.82 Å². The number of nitrogens with one attached hydrogen (secondary N) is 2. The fraction of sp³-hybridized carbons (Fsp3) is 0.400. The van der Waals surface area contributed by atoms with Crippen LogP contribution in [0.5, 0.6) is 0 Å². The number of aromatic nitrogens is 4. The summed E-state index contributed by atoms with van der Waals surface area (Å²) in [6.45, 7) is 4.56. The van der Waals surface area contributed by atoms with Gasteiger partial charge in [-0.2, -0.15) is 0 Å². The number of benzene rings is 1. The number of hydrogen-bond acceptors (Lipinski definition) is 6. The summed E-state index contributed by atoms with van der Waals surface area (Å²) in [5.41, 5.74) is 6.46. The number of imidazole rings is 1. The van der Waals surface area contributed by atoms with E-state index in [2.05, 4.69) is 15.0 Å². The van der Waals surface area contributed by atoms with E-state index in [1.807, 2.05) is 13.8 Å². The predicted octanol–water partition coefficient (Wildman–Crippen LogP) is 2.98. The molecule has 2 heterocycles. The molecular weight excluding hydrogens is 440 g/mol. The van der Waals surface area contributed by atoms with E-state index in [-0.39, 0.29) is 23.2 Å². The normalized spacial score (nSPS) is 11.2. The van der Waals surface area contributed by atoms with Gasteiger partial charge < -0.3 is 15.6 Å². The van der Waals surface area contributed by atoms with E-state index in [1.165, 1.54) is 21.2 Å². The summed E-state index contributed by atoms with van der Waals surface area (Å²) in [6.07, 6.45) is 2.17. The van der Waals surface area contributed by atoms with Gasteiger partial charge in [0.25, 0.3) is 5.56 Å². The molecule has 0 aliphatic rings. The Morgan fingerprint density at radius 3 is 2.74 bits per heavy atom. The Bertz CT molecular complexity index is 1200. The summed E-state index contributed by atoms with van der Waals surface area (Å²) in [6, 6.07) is 5.31. The van der Waals surface area contributed by atoms with Gasteiger partial charge in [-0.1, -0.05) is 43.6 Å².